The molecular weight excluding hydrogens is 357 g/mol. The van der Waals surface area contributed by atoms with E-state index in [-0.39, 0.29) is 64.5 Å². The first-order chi connectivity index (χ1) is 8.98. The standard InChI is InChI=1S/C16H27O4.CH3.Y/c1-7-8-15(5,13(4)18)10-16(6,14(19)20)9-11(2)12(3)17;;/h7-10H2,1-6H3,(H,19,20);1H3;/q2*-1;. The van der Waals surface area contributed by atoms with Gasteiger partial charge in [0.25, 0.3) is 0 Å². The molecule has 0 aromatic heterocycles. The van der Waals surface area contributed by atoms with Gasteiger partial charge in [0.15, 0.2) is 0 Å². The number of carbonyl (C=O) groups is 3. The van der Waals surface area contributed by atoms with Gasteiger partial charge in [0.05, 0.1) is 0 Å². The number of aliphatic carboxylic acids is 1. The van der Waals surface area contributed by atoms with E-state index in [2.05, 4.69) is 0 Å². The Labute approximate surface area is 160 Å². The van der Waals surface area contributed by atoms with Crippen LogP contribution in [0.3, 0.4) is 0 Å². The fraction of sp³-hybridized carbons (Fsp3) is 0.706. The summed E-state index contributed by atoms with van der Waals surface area (Å²) in [5, 5.41) is 9.54. The van der Waals surface area contributed by atoms with Crippen LogP contribution in [0.25, 0.3) is 0 Å². The minimum Gasteiger partial charge on any atom is -0.481 e. The predicted molar refractivity (Wildman–Crippen MR) is 84.7 cm³/mol. The second-order valence-corrected chi connectivity index (χ2v) is 6.42. The third-order valence-electron chi connectivity index (χ3n) is 4.20. The molecule has 0 aliphatic carbocycles. The molecule has 2 atom stereocenters. The molecule has 0 saturated heterocycles. The second-order valence-electron chi connectivity index (χ2n) is 6.42. The Morgan fingerprint density at radius 1 is 1.09 bits per heavy atom. The van der Waals surface area contributed by atoms with Crippen LogP contribution in [0.4, 0.5) is 0 Å². The summed E-state index contributed by atoms with van der Waals surface area (Å²) in [6.07, 6.45) is 1.92. The zero-order chi connectivity index (χ0) is 16.1. The molecule has 0 heterocycles. The van der Waals surface area contributed by atoms with E-state index in [4.69, 9.17) is 0 Å². The summed E-state index contributed by atoms with van der Waals surface area (Å²) in [6, 6.07) is 0. The number of Topliss-reactive ketones (excluding diaryl/α,β-unsaturated/α-hetero) is 2. The molecule has 0 aromatic carbocycles. The Morgan fingerprint density at radius 2 is 1.55 bits per heavy atom. The molecule has 127 valence electrons. The van der Waals surface area contributed by atoms with E-state index >= 15 is 0 Å². The molecule has 1 N–H and O–H groups in total. The summed E-state index contributed by atoms with van der Waals surface area (Å²) in [6.45, 7) is 10.0. The number of carboxylic acid groups (broad SMARTS) is 1. The van der Waals surface area contributed by atoms with Crippen molar-refractivity contribution in [1.29, 1.82) is 0 Å². The van der Waals surface area contributed by atoms with Crippen LogP contribution in [0.2, 0.25) is 0 Å². The van der Waals surface area contributed by atoms with Gasteiger partial charge >= 0.3 is 5.97 Å². The van der Waals surface area contributed by atoms with Crippen LogP contribution in [-0.2, 0) is 47.1 Å². The van der Waals surface area contributed by atoms with Gasteiger partial charge in [0.1, 0.15) is 5.78 Å². The van der Waals surface area contributed by atoms with Gasteiger partial charge < -0.3 is 23.2 Å². The first-order valence-corrected chi connectivity index (χ1v) is 7.06. The summed E-state index contributed by atoms with van der Waals surface area (Å²) in [5.41, 5.74) is -1.75. The maximum Gasteiger partial charge on any atom is 0.306 e. The molecule has 0 saturated carbocycles. The monoisotopic (exact) mass is 387 g/mol. The van der Waals surface area contributed by atoms with Crippen LogP contribution in [0.1, 0.15) is 67.2 Å². The molecule has 1 radical (unpaired) electrons. The number of ketones is 2. The predicted octanol–water partition coefficient (Wildman–Crippen LogP) is 3.88. The molecule has 0 aliphatic rings. The Hall–Kier alpha value is -0.216. The van der Waals surface area contributed by atoms with E-state index in [1.807, 2.05) is 13.8 Å². The Balaban J connectivity index is -0.00000180. The van der Waals surface area contributed by atoms with Crippen molar-refractivity contribution in [1.82, 2.24) is 0 Å². The molecule has 0 aromatic rings. The first kappa shape index (κ1) is 26.7. The van der Waals surface area contributed by atoms with Gasteiger partial charge in [-0.2, -0.15) is 6.92 Å². The van der Waals surface area contributed by atoms with Gasteiger partial charge in [-0.1, -0.05) is 27.2 Å². The fourth-order valence-corrected chi connectivity index (χ4v) is 2.73. The average molecular weight is 387 g/mol. The number of carboxylic acids is 1. The van der Waals surface area contributed by atoms with Crippen LogP contribution < -0.4 is 0 Å². The van der Waals surface area contributed by atoms with Crippen LogP contribution >= 0.6 is 0 Å². The molecule has 0 rings (SSSR count). The van der Waals surface area contributed by atoms with Gasteiger partial charge in [0.2, 0.25) is 0 Å². The smallest absolute Gasteiger partial charge is 0.306 e. The zero-order valence-electron chi connectivity index (χ0n) is 15.1. The number of hydrogen-bond donors (Lipinski definition) is 1. The molecule has 2 unspecified atom stereocenters. The minimum absolute atomic E-state index is 0. The minimum atomic E-state index is -1.09. The first-order valence-electron chi connectivity index (χ1n) is 7.06. The van der Waals surface area contributed by atoms with Crippen LogP contribution in [0.15, 0.2) is 0 Å². The normalized spacial score (nSPS) is 15.4. The molecule has 4 nitrogen and oxygen atoms in total. The van der Waals surface area contributed by atoms with Crippen molar-refractivity contribution in [3.63, 3.8) is 0 Å². The van der Waals surface area contributed by atoms with Crippen molar-refractivity contribution >= 4 is 17.5 Å². The van der Waals surface area contributed by atoms with E-state index in [0.717, 1.165) is 6.42 Å². The van der Waals surface area contributed by atoms with Gasteiger partial charge in [-0.15, -0.1) is 6.42 Å². The maximum atomic E-state index is 11.9. The summed E-state index contributed by atoms with van der Waals surface area (Å²) < 4.78 is 0. The molecule has 0 fully saturated rings. The van der Waals surface area contributed by atoms with Crippen LogP contribution in [-0.4, -0.2) is 22.6 Å². The van der Waals surface area contributed by atoms with Crippen molar-refractivity contribution < 1.29 is 52.2 Å². The van der Waals surface area contributed by atoms with Crippen molar-refractivity contribution in [2.75, 3.05) is 0 Å². The molecule has 0 aliphatic heterocycles. The second kappa shape index (κ2) is 10.5. The number of carbonyl (C=O) groups excluding carboxylic acids is 2. The molecule has 0 amide bonds. The van der Waals surface area contributed by atoms with Crippen LogP contribution in [0.5, 0.6) is 0 Å². The van der Waals surface area contributed by atoms with Gasteiger partial charge in [-0.3, -0.25) is 9.59 Å². The van der Waals surface area contributed by atoms with Crippen molar-refractivity contribution in [3.05, 3.63) is 13.3 Å². The van der Waals surface area contributed by atoms with Crippen LogP contribution in [0, 0.1) is 24.2 Å². The Bertz CT molecular complexity index is 394. The quantitative estimate of drug-likeness (QED) is 0.610. The third-order valence-corrected chi connectivity index (χ3v) is 4.20. The number of rotatable bonds is 9. The van der Waals surface area contributed by atoms with E-state index in [1.165, 1.54) is 13.8 Å². The maximum absolute atomic E-state index is 11.9. The Kier molecular flexibility index (Phi) is 12.8. The van der Waals surface area contributed by atoms with Crippen molar-refractivity contribution in [3.8, 4) is 0 Å². The van der Waals surface area contributed by atoms with E-state index in [9.17, 15) is 19.5 Å². The van der Waals surface area contributed by atoms with Crippen molar-refractivity contribution in [2.45, 2.75) is 67.2 Å². The van der Waals surface area contributed by atoms with E-state index in [1.54, 1.807) is 13.8 Å². The zero-order valence-corrected chi connectivity index (χ0v) is 17.9. The van der Waals surface area contributed by atoms with Gasteiger partial charge in [-0.25, -0.2) is 0 Å². The van der Waals surface area contributed by atoms with E-state index in [0.29, 0.717) is 12.3 Å². The summed E-state index contributed by atoms with van der Waals surface area (Å²) >= 11 is 0. The molecule has 5 heteroatoms. The molecule has 0 bridgehead atoms. The third kappa shape index (κ3) is 7.37. The summed E-state index contributed by atoms with van der Waals surface area (Å²) in [7, 11) is 0. The fourth-order valence-electron chi connectivity index (χ4n) is 2.73. The number of hydrogen-bond acceptors (Lipinski definition) is 3. The molecule has 22 heavy (non-hydrogen) atoms. The summed E-state index contributed by atoms with van der Waals surface area (Å²) in [4.78, 5) is 34.9. The van der Waals surface area contributed by atoms with Gasteiger partial charge in [0, 0.05) is 43.5 Å². The Morgan fingerprint density at radius 3 is 1.82 bits per heavy atom. The largest absolute Gasteiger partial charge is 0.481 e. The summed E-state index contributed by atoms with van der Waals surface area (Å²) in [5.74, 6) is -0.510. The molecule has 0 spiro atoms. The average Bonchev–Trinajstić information content (AvgIpc) is 2.28. The molecular formula is C17H30O4Y-2. The topological polar surface area (TPSA) is 71.4 Å². The SMILES string of the molecule is CCCC(C)(CC(C)(C[C-](C)C(C)=O)C(=O)O)C(C)=O.[CH3-].[Y]. The van der Waals surface area contributed by atoms with Gasteiger partial charge in [-0.05, 0) is 32.5 Å². The van der Waals surface area contributed by atoms with Crippen molar-refractivity contribution in [2.24, 2.45) is 10.8 Å². The van der Waals surface area contributed by atoms with E-state index < -0.39 is 16.8 Å².